The highest BCUT2D eigenvalue weighted by Gasteiger charge is 2.41. The van der Waals surface area contributed by atoms with E-state index in [1.165, 1.54) is 0 Å². The van der Waals surface area contributed by atoms with Crippen molar-refractivity contribution in [3.8, 4) is 6.07 Å². The molecule has 0 radical (unpaired) electrons. The Balaban J connectivity index is 2.43. The summed E-state index contributed by atoms with van der Waals surface area (Å²) in [6, 6.07) is 7.74. The van der Waals surface area contributed by atoms with Gasteiger partial charge in [0.1, 0.15) is 6.07 Å². The average molecular weight is 398 g/mol. The zero-order valence-corrected chi connectivity index (χ0v) is 17.7. The van der Waals surface area contributed by atoms with E-state index >= 15 is 0 Å². The van der Waals surface area contributed by atoms with Crippen LogP contribution in [0.2, 0.25) is 12.6 Å². The Kier molecular flexibility index (Phi) is 8.26. The molecule has 1 aromatic heterocycles. The van der Waals surface area contributed by atoms with Crippen molar-refractivity contribution in [2.75, 3.05) is 6.61 Å². The summed E-state index contributed by atoms with van der Waals surface area (Å²) in [6.45, 7) is 4.83. The summed E-state index contributed by atoms with van der Waals surface area (Å²) in [6.07, 6.45) is 8.15. The molecule has 0 aromatic carbocycles. The van der Waals surface area contributed by atoms with Crippen LogP contribution in [0.4, 0.5) is 5.82 Å². The fourth-order valence-corrected chi connectivity index (χ4v) is 3.77. The Bertz CT molecular complexity index is 821. The van der Waals surface area contributed by atoms with Crippen molar-refractivity contribution in [2.45, 2.75) is 65.5 Å². The minimum absolute atomic E-state index is 0.0956. The maximum Gasteiger partial charge on any atom is 0.367 e. The maximum atomic E-state index is 12.0. The van der Waals surface area contributed by atoms with Crippen LogP contribution in [0, 0.1) is 11.3 Å². The topological polar surface area (TPSA) is 102 Å². The lowest BCUT2D eigenvalue weighted by molar-refractivity contribution is -0.549. The highest BCUT2D eigenvalue weighted by atomic mass is 16.5. The lowest BCUT2D eigenvalue weighted by atomic mass is 9.44. The Morgan fingerprint density at radius 1 is 1.28 bits per heavy atom. The highest BCUT2D eigenvalue weighted by molar-refractivity contribution is 6.67. The predicted molar refractivity (Wildman–Crippen MR) is 113 cm³/mol. The zero-order valence-electron chi connectivity index (χ0n) is 17.7. The number of carbonyl (C=O) groups excluding carboxylic acids is 1. The molecule has 1 aliphatic heterocycles. The van der Waals surface area contributed by atoms with Gasteiger partial charge in [-0.1, -0.05) is 58.2 Å². The Morgan fingerprint density at radius 2 is 1.97 bits per heavy atom. The Labute approximate surface area is 173 Å². The number of hydrogen-bond acceptors (Lipinski definition) is 6. The van der Waals surface area contributed by atoms with E-state index in [-0.39, 0.29) is 24.3 Å². The van der Waals surface area contributed by atoms with Gasteiger partial charge in [-0.15, -0.1) is 0 Å². The van der Waals surface area contributed by atoms with E-state index in [0.29, 0.717) is 5.90 Å². The molecule has 0 atom stereocenters. The number of nitrogens with zero attached hydrogens (tertiary/aromatic N) is 3. The van der Waals surface area contributed by atoms with Crippen LogP contribution in [0.1, 0.15) is 52.9 Å². The molecule has 1 aromatic rings. The van der Waals surface area contributed by atoms with Crippen molar-refractivity contribution < 1.29 is 18.7 Å². The maximum absolute atomic E-state index is 12.0. The molecule has 2 rings (SSSR count). The number of fused-ring (bicyclic) bond motifs is 1. The second-order valence-electron chi connectivity index (χ2n) is 7.38. The fraction of sp³-hybridized carbons (Fsp3) is 0.524. The summed E-state index contributed by atoms with van der Waals surface area (Å²) in [5.41, 5.74) is 6.02. The standard InChI is InChI=1S/C21H31BN4O3/c1-4-7-12-22(13-8-5-2)26-14-10-9-11-19(26)25-20(29-22)15-18(24)17(16-23)21(27)28-6-3/h9-11,14H,4-8,12-13,15,24H2,1-3H3/b18-17-. The van der Waals surface area contributed by atoms with Gasteiger partial charge in [-0.3, -0.25) is 0 Å². The summed E-state index contributed by atoms with van der Waals surface area (Å²) < 4.78 is 13.6. The molecule has 0 fully saturated rings. The third-order valence-corrected chi connectivity index (χ3v) is 5.24. The van der Waals surface area contributed by atoms with Crippen LogP contribution in [-0.2, 0) is 14.2 Å². The molecule has 0 spiro atoms. The van der Waals surface area contributed by atoms with E-state index in [9.17, 15) is 10.1 Å². The Hall–Kier alpha value is -2.82. The predicted octanol–water partition coefficient (Wildman–Crippen LogP) is 3.61. The second kappa shape index (κ2) is 10.7. The van der Waals surface area contributed by atoms with Crippen molar-refractivity contribution >= 4 is 24.2 Å². The molecular weight excluding hydrogens is 367 g/mol. The van der Waals surface area contributed by atoms with E-state index in [1.54, 1.807) is 6.92 Å². The Morgan fingerprint density at radius 3 is 2.55 bits per heavy atom. The lowest BCUT2D eigenvalue weighted by Crippen LogP contribution is -2.68. The number of carbonyl (C=O) groups is 1. The van der Waals surface area contributed by atoms with E-state index < -0.39 is 12.5 Å². The SMILES string of the molecule is CCCC[B-]1(CCCC)OC(C/C(N)=C(\C#N)C(=O)OCC)=Nc2cccc[n+]21. The molecule has 8 heteroatoms. The van der Waals surface area contributed by atoms with Crippen molar-refractivity contribution in [3.63, 3.8) is 0 Å². The second-order valence-corrected chi connectivity index (χ2v) is 7.38. The third kappa shape index (κ3) is 5.38. The molecule has 2 heterocycles. The van der Waals surface area contributed by atoms with Crippen molar-refractivity contribution in [1.82, 2.24) is 0 Å². The first kappa shape index (κ1) is 22.5. The van der Waals surface area contributed by atoms with Gasteiger partial charge in [0.25, 0.3) is 11.7 Å². The number of nitriles is 1. The smallest absolute Gasteiger partial charge is 0.367 e. The van der Waals surface area contributed by atoms with Gasteiger partial charge in [-0.2, -0.15) is 5.26 Å². The number of pyridine rings is 1. The number of esters is 1. The normalized spacial score (nSPS) is 15.3. The van der Waals surface area contributed by atoms with Crippen molar-refractivity contribution in [3.05, 3.63) is 35.7 Å². The average Bonchev–Trinajstić information content (AvgIpc) is 2.71. The van der Waals surface area contributed by atoms with Gasteiger partial charge in [-0.25, -0.2) is 4.79 Å². The van der Waals surface area contributed by atoms with E-state index in [2.05, 4.69) is 23.3 Å². The molecule has 0 aliphatic carbocycles. The first-order valence-electron chi connectivity index (χ1n) is 10.5. The molecule has 0 saturated carbocycles. The molecule has 29 heavy (non-hydrogen) atoms. The molecule has 2 N–H and O–H groups in total. The van der Waals surface area contributed by atoms with Gasteiger partial charge in [-0.05, 0) is 18.0 Å². The van der Waals surface area contributed by atoms with Gasteiger partial charge >= 0.3 is 12.5 Å². The molecule has 156 valence electrons. The minimum Gasteiger partial charge on any atom is -0.648 e. The van der Waals surface area contributed by atoms with Crippen molar-refractivity contribution in [2.24, 2.45) is 10.7 Å². The van der Waals surface area contributed by atoms with Gasteiger partial charge in [0.15, 0.2) is 5.57 Å². The molecule has 7 nitrogen and oxygen atoms in total. The van der Waals surface area contributed by atoms with Gasteiger partial charge in [0.2, 0.25) is 0 Å². The number of ether oxygens (including phenoxy) is 1. The minimum atomic E-state index is -1.36. The first-order chi connectivity index (χ1) is 14.0. The third-order valence-electron chi connectivity index (χ3n) is 5.24. The van der Waals surface area contributed by atoms with Crippen LogP contribution in [-0.4, -0.2) is 25.0 Å². The number of hydrogen-bond donors (Lipinski definition) is 1. The molecule has 0 amide bonds. The molecule has 0 bridgehead atoms. The van der Waals surface area contributed by atoms with Crippen LogP contribution in [0.25, 0.3) is 0 Å². The summed E-state index contributed by atoms with van der Waals surface area (Å²) >= 11 is 0. The molecule has 0 saturated heterocycles. The largest absolute Gasteiger partial charge is 0.648 e. The van der Waals surface area contributed by atoms with Crippen LogP contribution < -0.4 is 10.2 Å². The number of aromatic nitrogens is 1. The van der Waals surface area contributed by atoms with Crippen molar-refractivity contribution in [1.29, 1.82) is 5.26 Å². The fourth-order valence-electron chi connectivity index (χ4n) is 3.77. The van der Waals surface area contributed by atoms with Gasteiger partial charge < -0.3 is 19.6 Å². The summed E-state index contributed by atoms with van der Waals surface area (Å²) in [7, 11) is 0. The molecule has 1 aliphatic rings. The summed E-state index contributed by atoms with van der Waals surface area (Å²) in [4.78, 5) is 16.6. The van der Waals surface area contributed by atoms with Crippen LogP contribution in [0.15, 0.2) is 40.7 Å². The van der Waals surface area contributed by atoms with Gasteiger partial charge in [0, 0.05) is 18.0 Å². The summed E-state index contributed by atoms with van der Waals surface area (Å²) in [5, 5.41) is 9.35. The quantitative estimate of drug-likeness (QED) is 0.281. The lowest BCUT2D eigenvalue weighted by Gasteiger charge is -2.41. The molecule has 0 unspecified atom stereocenters. The van der Waals surface area contributed by atoms with E-state index in [4.69, 9.17) is 15.1 Å². The van der Waals surface area contributed by atoms with Gasteiger partial charge in [0.05, 0.1) is 13.0 Å². The van der Waals surface area contributed by atoms with Crippen LogP contribution in [0.3, 0.4) is 0 Å². The van der Waals surface area contributed by atoms with Crippen LogP contribution >= 0.6 is 0 Å². The number of unbranched alkanes of at least 4 members (excludes halogenated alkanes) is 2. The monoisotopic (exact) mass is 398 g/mol. The summed E-state index contributed by atoms with van der Waals surface area (Å²) in [5.74, 6) is 0.536. The number of aliphatic imine (C=N–C) groups is 1. The van der Waals surface area contributed by atoms with E-state index in [0.717, 1.165) is 44.1 Å². The number of rotatable bonds is 10. The van der Waals surface area contributed by atoms with E-state index in [1.807, 2.05) is 30.5 Å². The molecular formula is C21H31BN4O3. The highest BCUT2D eigenvalue weighted by Crippen LogP contribution is 2.28. The first-order valence-corrected chi connectivity index (χ1v) is 10.5. The number of nitrogens with two attached hydrogens (primary N) is 1. The zero-order chi connectivity index (χ0) is 21.3. The van der Waals surface area contributed by atoms with Crippen LogP contribution in [0.5, 0.6) is 0 Å².